The number of aromatic amines is 1. The Balaban J connectivity index is 1.61. The van der Waals surface area contributed by atoms with E-state index < -0.39 is 11.5 Å². The van der Waals surface area contributed by atoms with Crippen LogP contribution in [0.15, 0.2) is 70.7 Å². The molecular weight excluding hydrogens is 356 g/mol. The Labute approximate surface area is 153 Å². The van der Waals surface area contributed by atoms with E-state index >= 15 is 0 Å². The van der Waals surface area contributed by atoms with Gasteiger partial charge in [0.2, 0.25) is 0 Å². The quantitative estimate of drug-likeness (QED) is 0.312. The zero-order valence-electron chi connectivity index (χ0n) is 13.3. The molecule has 1 heterocycles. The molecule has 8 heteroatoms. The molecule has 130 valence electrons. The summed E-state index contributed by atoms with van der Waals surface area (Å²) in [4.78, 5) is 23.3. The highest BCUT2D eigenvalue weighted by molar-refractivity contribution is 6.32. The average Bonchev–Trinajstić information content (AvgIpc) is 2.67. The lowest BCUT2D eigenvalue weighted by molar-refractivity contribution is 0.0735. The number of benzene rings is 2. The van der Waals surface area contributed by atoms with E-state index in [4.69, 9.17) is 16.3 Å². The van der Waals surface area contributed by atoms with Gasteiger partial charge < -0.3 is 4.74 Å². The number of carbonyl (C=O) groups excluding carboxylic acids is 1. The standard InChI is InChI=1S/C18H13ClN4O3/c19-16-15(11-21-23-17(16)24)22-20-10-12-6-8-14(9-7-12)26-18(25)13-4-2-1-3-5-13/h1-11H,(H2,22,23,24)/b20-10-. The Kier molecular flexibility index (Phi) is 5.40. The molecule has 0 aliphatic carbocycles. The van der Waals surface area contributed by atoms with Gasteiger partial charge in [0, 0.05) is 0 Å². The molecule has 26 heavy (non-hydrogen) atoms. The molecule has 2 N–H and O–H groups in total. The van der Waals surface area contributed by atoms with Gasteiger partial charge in [0.05, 0.1) is 18.0 Å². The van der Waals surface area contributed by atoms with Crippen LogP contribution < -0.4 is 15.7 Å². The summed E-state index contributed by atoms with van der Waals surface area (Å²) in [6, 6.07) is 15.5. The number of esters is 1. The van der Waals surface area contributed by atoms with E-state index in [9.17, 15) is 9.59 Å². The maximum Gasteiger partial charge on any atom is 0.343 e. The zero-order valence-corrected chi connectivity index (χ0v) is 14.1. The summed E-state index contributed by atoms with van der Waals surface area (Å²) in [5.41, 5.74) is 3.66. The number of rotatable bonds is 5. The largest absolute Gasteiger partial charge is 0.423 e. The molecule has 3 aromatic rings. The van der Waals surface area contributed by atoms with Crippen molar-refractivity contribution >= 4 is 29.5 Å². The maximum atomic E-state index is 12.0. The third-order valence-electron chi connectivity index (χ3n) is 3.29. The van der Waals surface area contributed by atoms with Gasteiger partial charge in [-0.3, -0.25) is 10.2 Å². The van der Waals surface area contributed by atoms with Crippen LogP contribution in [0.25, 0.3) is 0 Å². The van der Waals surface area contributed by atoms with Crippen molar-refractivity contribution in [2.45, 2.75) is 0 Å². The number of hydrogen-bond donors (Lipinski definition) is 2. The molecule has 1 aromatic heterocycles. The lowest BCUT2D eigenvalue weighted by Crippen LogP contribution is -2.10. The van der Waals surface area contributed by atoms with Crippen LogP contribution in [0.2, 0.25) is 5.02 Å². The minimum atomic E-state index is -0.503. The molecule has 3 rings (SSSR count). The Morgan fingerprint density at radius 1 is 1.15 bits per heavy atom. The Morgan fingerprint density at radius 2 is 1.88 bits per heavy atom. The second kappa shape index (κ2) is 8.09. The smallest absolute Gasteiger partial charge is 0.343 e. The highest BCUT2D eigenvalue weighted by Gasteiger charge is 2.07. The van der Waals surface area contributed by atoms with Gasteiger partial charge in [-0.15, -0.1) is 0 Å². The van der Waals surface area contributed by atoms with E-state index in [0.29, 0.717) is 17.0 Å². The minimum absolute atomic E-state index is 0.0275. The first kappa shape index (κ1) is 17.4. The van der Waals surface area contributed by atoms with Crippen LogP contribution in [0.5, 0.6) is 5.75 Å². The van der Waals surface area contributed by atoms with Crippen molar-refractivity contribution in [1.29, 1.82) is 0 Å². The normalized spacial score (nSPS) is 10.7. The highest BCUT2D eigenvalue weighted by atomic mass is 35.5. The predicted molar refractivity (Wildman–Crippen MR) is 98.9 cm³/mol. The second-order valence-corrected chi connectivity index (χ2v) is 5.50. The topological polar surface area (TPSA) is 96.4 Å². The summed E-state index contributed by atoms with van der Waals surface area (Å²) < 4.78 is 5.30. The number of carbonyl (C=O) groups is 1. The van der Waals surface area contributed by atoms with Gasteiger partial charge in [-0.05, 0) is 42.0 Å². The van der Waals surface area contributed by atoms with Crippen LogP contribution in [0.4, 0.5) is 5.69 Å². The maximum absolute atomic E-state index is 12.0. The second-order valence-electron chi connectivity index (χ2n) is 5.12. The molecule has 0 radical (unpaired) electrons. The molecule has 0 aliphatic heterocycles. The number of halogens is 1. The zero-order chi connectivity index (χ0) is 18.4. The summed E-state index contributed by atoms with van der Waals surface area (Å²) in [7, 11) is 0. The molecule has 0 saturated carbocycles. The van der Waals surface area contributed by atoms with Gasteiger partial charge in [0.15, 0.2) is 0 Å². The predicted octanol–water partition coefficient (Wildman–Crippen LogP) is 3.09. The number of aromatic nitrogens is 2. The summed E-state index contributed by atoms with van der Waals surface area (Å²) in [6.07, 6.45) is 2.88. The third kappa shape index (κ3) is 4.34. The van der Waals surface area contributed by atoms with E-state index in [1.54, 1.807) is 48.5 Å². The number of nitrogens with one attached hydrogen (secondary N) is 2. The van der Waals surface area contributed by atoms with Crippen molar-refractivity contribution in [3.8, 4) is 5.75 Å². The number of hydrogen-bond acceptors (Lipinski definition) is 6. The molecule has 2 aromatic carbocycles. The van der Waals surface area contributed by atoms with E-state index in [0.717, 1.165) is 5.56 Å². The fraction of sp³-hybridized carbons (Fsp3) is 0. The van der Waals surface area contributed by atoms with Crippen molar-refractivity contribution in [3.05, 3.63) is 87.3 Å². The summed E-state index contributed by atoms with van der Waals surface area (Å²) in [5.74, 6) is -0.00377. The summed E-state index contributed by atoms with van der Waals surface area (Å²) >= 11 is 5.83. The Morgan fingerprint density at radius 3 is 2.62 bits per heavy atom. The summed E-state index contributed by atoms with van der Waals surface area (Å²) in [6.45, 7) is 0. The SMILES string of the molecule is O=C(Oc1ccc(/C=N\Nc2cn[nH]c(=O)c2Cl)cc1)c1ccccc1. The van der Waals surface area contributed by atoms with Crippen molar-refractivity contribution in [2.75, 3.05) is 5.43 Å². The molecule has 0 saturated heterocycles. The fourth-order valence-electron chi connectivity index (χ4n) is 2.00. The van der Waals surface area contributed by atoms with Crippen LogP contribution in [0, 0.1) is 0 Å². The Bertz CT molecular complexity index is 985. The van der Waals surface area contributed by atoms with Crippen LogP contribution in [0.3, 0.4) is 0 Å². The first-order valence-corrected chi connectivity index (χ1v) is 7.91. The molecule has 0 bridgehead atoms. The minimum Gasteiger partial charge on any atom is -0.423 e. The lowest BCUT2D eigenvalue weighted by atomic mass is 10.2. The number of hydrazone groups is 1. The summed E-state index contributed by atoms with van der Waals surface area (Å²) in [5, 5.41) is 9.80. The van der Waals surface area contributed by atoms with Gasteiger partial charge in [0.25, 0.3) is 5.56 Å². The lowest BCUT2D eigenvalue weighted by Gasteiger charge is -2.04. The molecule has 0 unspecified atom stereocenters. The van der Waals surface area contributed by atoms with Crippen molar-refractivity contribution in [2.24, 2.45) is 5.10 Å². The molecular formula is C18H13ClN4O3. The van der Waals surface area contributed by atoms with Gasteiger partial charge >= 0.3 is 5.97 Å². The first-order valence-electron chi connectivity index (χ1n) is 7.53. The van der Waals surface area contributed by atoms with E-state index in [1.165, 1.54) is 12.4 Å². The van der Waals surface area contributed by atoms with Crippen LogP contribution in [0.1, 0.15) is 15.9 Å². The van der Waals surface area contributed by atoms with Gasteiger partial charge in [-0.2, -0.15) is 10.2 Å². The van der Waals surface area contributed by atoms with Crippen LogP contribution >= 0.6 is 11.6 Å². The third-order valence-corrected chi connectivity index (χ3v) is 3.67. The molecule has 7 nitrogen and oxygen atoms in total. The van der Waals surface area contributed by atoms with Crippen molar-refractivity contribution < 1.29 is 9.53 Å². The number of H-pyrrole nitrogens is 1. The van der Waals surface area contributed by atoms with Gasteiger partial charge in [-0.25, -0.2) is 9.89 Å². The fourth-order valence-corrected chi connectivity index (χ4v) is 2.13. The van der Waals surface area contributed by atoms with Crippen LogP contribution in [-0.4, -0.2) is 22.4 Å². The first-order chi connectivity index (χ1) is 12.6. The Hall–Kier alpha value is -3.45. The monoisotopic (exact) mass is 368 g/mol. The molecule has 0 aliphatic rings. The van der Waals surface area contributed by atoms with Crippen molar-refractivity contribution in [1.82, 2.24) is 10.2 Å². The van der Waals surface area contributed by atoms with Gasteiger partial charge in [0.1, 0.15) is 16.5 Å². The van der Waals surface area contributed by atoms with E-state index in [-0.39, 0.29) is 5.02 Å². The molecule has 0 atom stereocenters. The highest BCUT2D eigenvalue weighted by Crippen LogP contribution is 2.15. The van der Waals surface area contributed by atoms with E-state index in [2.05, 4.69) is 20.7 Å². The number of ether oxygens (including phenoxy) is 1. The molecule has 0 fully saturated rings. The average molecular weight is 369 g/mol. The molecule has 0 amide bonds. The van der Waals surface area contributed by atoms with E-state index in [1.807, 2.05) is 6.07 Å². The molecule has 0 spiro atoms. The van der Waals surface area contributed by atoms with Crippen molar-refractivity contribution in [3.63, 3.8) is 0 Å². The number of anilines is 1. The number of nitrogens with zero attached hydrogens (tertiary/aromatic N) is 2. The van der Waals surface area contributed by atoms with Crippen LogP contribution in [-0.2, 0) is 0 Å². The van der Waals surface area contributed by atoms with Gasteiger partial charge in [-0.1, -0.05) is 29.8 Å².